The molecule has 0 spiro atoms. The molecule has 0 aliphatic rings. The zero-order valence-electron chi connectivity index (χ0n) is 7.48. The lowest BCUT2D eigenvalue weighted by Crippen LogP contribution is -1.68. The van der Waals surface area contributed by atoms with E-state index in [1.165, 1.54) is 0 Å². The van der Waals surface area contributed by atoms with E-state index in [0.717, 1.165) is 24.7 Å². The highest BCUT2D eigenvalue weighted by Gasteiger charge is 2.08. The maximum atomic E-state index is 6.17. The fourth-order valence-corrected chi connectivity index (χ4v) is 4.84. The first kappa shape index (κ1) is 12.1. The molecule has 1 aromatic carbocycles. The summed E-state index contributed by atoms with van der Waals surface area (Å²) in [4.78, 5) is 3.20. The van der Waals surface area contributed by atoms with Crippen LogP contribution in [-0.2, 0) is 0 Å². The average molecular weight is 272 g/mol. The zero-order valence-corrected chi connectivity index (χ0v) is 11.4. The van der Waals surface area contributed by atoms with Crippen molar-refractivity contribution in [3.63, 3.8) is 0 Å². The molecule has 5 heteroatoms. The van der Waals surface area contributed by atoms with Crippen LogP contribution in [0.5, 0.6) is 0 Å². The van der Waals surface area contributed by atoms with Crippen LogP contribution in [0, 0.1) is 0 Å². The molecule has 0 fully saturated rings. The second-order valence-corrected chi connectivity index (χ2v) is 5.43. The van der Waals surface area contributed by atoms with E-state index in [-0.39, 0.29) is 0 Å². The monoisotopic (exact) mass is 271 g/mol. The maximum absolute atomic E-state index is 6.17. The summed E-state index contributed by atoms with van der Waals surface area (Å²) in [6.07, 6.45) is 6.02. The molecule has 0 heterocycles. The Labute approximate surface area is 101 Å². The van der Waals surface area contributed by atoms with Gasteiger partial charge < -0.3 is 0 Å². The quantitative estimate of drug-likeness (QED) is 0.568. The van der Waals surface area contributed by atoms with Crippen molar-refractivity contribution in [2.45, 2.75) is 14.7 Å². The Morgan fingerprint density at radius 2 is 1.69 bits per heavy atom. The lowest BCUT2D eigenvalue weighted by molar-refractivity contribution is 1.34. The normalized spacial score (nSPS) is 10.8. The minimum atomic E-state index is 0.800. The van der Waals surface area contributed by atoms with Crippen molar-refractivity contribution in [1.29, 1.82) is 0 Å². The molecule has 1 aromatic rings. The molecule has 0 amide bonds. The highest BCUT2D eigenvalue weighted by molar-refractivity contribution is 8.02. The first-order valence-electron chi connectivity index (χ1n) is 3.47. The SMILES string of the molecule is CSc1c(Cl)c(SC)[c-](SC)c1Cl. The van der Waals surface area contributed by atoms with E-state index >= 15 is 0 Å². The van der Waals surface area contributed by atoms with Crippen LogP contribution in [0.25, 0.3) is 0 Å². The fourth-order valence-electron chi connectivity index (χ4n) is 1.05. The smallest absolute Gasteiger partial charge is 0.0157 e. The molecule has 0 atom stereocenters. The molecule has 0 N–H and O–H groups in total. The summed E-state index contributed by atoms with van der Waals surface area (Å²) in [7, 11) is 0. The van der Waals surface area contributed by atoms with Crippen LogP contribution in [0.15, 0.2) is 14.7 Å². The van der Waals surface area contributed by atoms with Gasteiger partial charge in [-0.05, 0) is 18.8 Å². The summed E-state index contributed by atoms with van der Waals surface area (Å²) >= 11 is 17.2. The van der Waals surface area contributed by atoms with Gasteiger partial charge in [0.25, 0.3) is 0 Å². The molecule has 0 radical (unpaired) electrons. The minimum Gasteiger partial charge on any atom is -0.208 e. The molecule has 1 rings (SSSR count). The molecule has 0 aromatic heterocycles. The number of halogens is 2. The van der Waals surface area contributed by atoms with Crippen molar-refractivity contribution < 1.29 is 0 Å². The largest absolute Gasteiger partial charge is 0.208 e. The van der Waals surface area contributed by atoms with Crippen LogP contribution < -0.4 is 0 Å². The van der Waals surface area contributed by atoms with Crippen LogP contribution in [0.1, 0.15) is 0 Å². The van der Waals surface area contributed by atoms with E-state index in [1.54, 1.807) is 35.3 Å². The van der Waals surface area contributed by atoms with E-state index in [2.05, 4.69) is 0 Å². The Hall–Kier alpha value is 0.980. The van der Waals surface area contributed by atoms with Gasteiger partial charge in [-0.2, -0.15) is 35.1 Å². The topological polar surface area (TPSA) is 0 Å². The van der Waals surface area contributed by atoms with E-state index in [1.807, 2.05) is 18.8 Å². The summed E-state index contributed by atoms with van der Waals surface area (Å²) in [5.74, 6) is 0. The summed E-state index contributed by atoms with van der Waals surface area (Å²) in [5, 5.41) is 1.60. The molecule has 0 nitrogen and oxygen atoms in total. The predicted octanol–water partition coefficient (Wildman–Crippen LogP) is 4.88. The highest BCUT2D eigenvalue weighted by atomic mass is 35.5. The van der Waals surface area contributed by atoms with Crippen molar-refractivity contribution in [2.75, 3.05) is 18.8 Å². The average Bonchev–Trinajstić information content (AvgIpc) is 2.36. The van der Waals surface area contributed by atoms with Crippen LogP contribution in [0.3, 0.4) is 0 Å². The van der Waals surface area contributed by atoms with Crippen LogP contribution in [0.4, 0.5) is 0 Å². The lowest BCUT2D eigenvalue weighted by atomic mass is 10.6. The van der Waals surface area contributed by atoms with E-state index in [9.17, 15) is 0 Å². The van der Waals surface area contributed by atoms with E-state index in [0.29, 0.717) is 0 Å². The molecule has 13 heavy (non-hydrogen) atoms. The Morgan fingerprint density at radius 1 is 1.08 bits per heavy atom. The van der Waals surface area contributed by atoms with Crippen molar-refractivity contribution in [3.05, 3.63) is 10.0 Å². The van der Waals surface area contributed by atoms with Gasteiger partial charge in [-0.25, -0.2) is 11.8 Å². The van der Waals surface area contributed by atoms with Gasteiger partial charge in [-0.3, -0.25) is 0 Å². The van der Waals surface area contributed by atoms with Crippen LogP contribution in [-0.4, -0.2) is 18.8 Å². The van der Waals surface area contributed by atoms with Crippen LogP contribution in [0.2, 0.25) is 10.0 Å². The molecule has 74 valence electrons. The van der Waals surface area contributed by atoms with E-state index < -0.39 is 0 Å². The van der Waals surface area contributed by atoms with Crippen molar-refractivity contribution in [3.8, 4) is 0 Å². The van der Waals surface area contributed by atoms with Gasteiger partial charge in [-0.1, -0.05) is 19.8 Å². The number of hydrogen-bond acceptors (Lipinski definition) is 3. The fraction of sp³-hybridized carbons (Fsp3) is 0.375. The molecule has 0 unspecified atom stereocenters. The Balaban J connectivity index is 3.33. The number of hydrogen-bond donors (Lipinski definition) is 0. The predicted molar refractivity (Wildman–Crippen MR) is 67.4 cm³/mol. The molecular formula is C8H9Cl2S3-. The highest BCUT2D eigenvalue weighted by Crippen LogP contribution is 2.49. The van der Waals surface area contributed by atoms with Gasteiger partial charge in [0.15, 0.2) is 0 Å². The lowest BCUT2D eigenvalue weighted by Gasteiger charge is -2.06. The summed E-state index contributed by atoms with van der Waals surface area (Å²) in [6.45, 7) is 0. The second-order valence-electron chi connectivity index (χ2n) is 2.23. The van der Waals surface area contributed by atoms with Gasteiger partial charge in [0.1, 0.15) is 0 Å². The zero-order chi connectivity index (χ0) is 10.0. The second kappa shape index (κ2) is 5.17. The Bertz CT molecular complexity index is 279. The third-order valence-electron chi connectivity index (χ3n) is 1.62. The van der Waals surface area contributed by atoms with Crippen molar-refractivity contribution in [2.24, 2.45) is 0 Å². The third-order valence-corrected chi connectivity index (χ3v) is 5.40. The van der Waals surface area contributed by atoms with Gasteiger partial charge in [0.2, 0.25) is 0 Å². The van der Waals surface area contributed by atoms with Gasteiger partial charge in [-0.15, -0.1) is 16.5 Å². The first-order chi connectivity index (χ1) is 6.17. The van der Waals surface area contributed by atoms with Gasteiger partial charge in [0.05, 0.1) is 0 Å². The molecule has 0 aliphatic heterocycles. The number of rotatable bonds is 3. The summed E-state index contributed by atoms with van der Waals surface area (Å²) in [5.41, 5.74) is 0. The van der Waals surface area contributed by atoms with Gasteiger partial charge >= 0.3 is 0 Å². The molecular weight excluding hydrogens is 263 g/mol. The van der Waals surface area contributed by atoms with Crippen LogP contribution >= 0.6 is 58.5 Å². The standard InChI is InChI=1S/C8H9Cl2S3/c1-11-6-4(9)7(12-2)8(13-3)5(6)10/h1-3H3/q-1. The molecule has 0 bridgehead atoms. The number of thioether (sulfide) groups is 3. The Kier molecular flexibility index (Phi) is 4.79. The molecule has 0 aliphatic carbocycles. The maximum Gasteiger partial charge on any atom is -0.0157 e. The third kappa shape index (κ3) is 2.15. The first-order valence-corrected chi connectivity index (χ1v) is 7.90. The van der Waals surface area contributed by atoms with E-state index in [4.69, 9.17) is 23.2 Å². The molecule has 0 saturated carbocycles. The Morgan fingerprint density at radius 3 is 2.00 bits per heavy atom. The van der Waals surface area contributed by atoms with Crippen molar-refractivity contribution in [1.82, 2.24) is 0 Å². The van der Waals surface area contributed by atoms with Gasteiger partial charge in [0, 0.05) is 0 Å². The molecule has 0 saturated heterocycles. The minimum absolute atomic E-state index is 0.800. The summed E-state index contributed by atoms with van der Waals surface area (Å²) in [6, 6.07) is 0. The van der Waals surface area contributed by atoms with Crippen molar-refractivity contribution >= 4 is 58.5 Å². The summed E-state index contributed by atoms with van der Waals surface area (Å²) < 4.78 is 0.